The van der Waals surface area contributed by atoms with Crippen LogP contribution in [-0.4, -0.2) is 36.2 Å². The number of phenolic OH excluding ortho intramolecular Hbond substituents is 1. The summed E-state index contributed by atoms with van der Waals surface area (Å²) in [5.41, 5.74) is -0.587. The second kappa shape index (κ2) is 10.1. The molecule has 0 aromatic heterocycles. The van der Waals surface area contributed by atoms with Crippen molar-refractivity contribution in [2.75, 3.05) is 18.6 Å². The summed E-state index contributed by atoms with van der Waals surface area (Å²) in [6, 6.07) is 11.7. The highest BCUT2D eigenvalue weighted by Crippen LogP contribution is 2.33. The average Bonchev–Trinajstić information content (AvgIpc) is 2.76. The molecule has 35 heavy (non-hydrogen) atoms. The van der Waals surface area contributed by atoms with Crippen LogP contribution in [0.1, 0.15) is 31.1 Å². The molecule has 9 heteroatoms. The van der Waals surface area contributed by atoms with E-state index < -0.39 is 47.0 Å². The summed E-state index contributed by atoms with van der Waals surface area (Å²) in [6.07, 6.45) is 0. The molecule has 0 aliphatic rings. The van der Waals surface area contributed by atoms with Gasteiger partial charge in [-0.2, -0.15) is 0 Å². The van der Waals surface area contributed by atoms with Crippen molar-refractivity contribution in [1.29, 1.82) is 0 Å². The van der Waals surface area contributed by atoms with Gasteiger partial charge >= 0.3 is 5.97 Å². The van der Waals surface area contributed by atoms with Crippen LogP contribution in [-0.2, 0) is 9.53 Å². The summed E-state index contributed by atoms with van der Waals surface area (Å²) in [4.78, 5) is 26.7. The Bertz CT molecular complexity index is 1250. The fourth-order valence-electron chi connectivity index (χ4n) is 3.38. The van der Waals surface area contributed by atoms with Gasteiger partial charge < -0.3 is 14.6 Å². The van der Waals surface area contributed by atoms with E-state index in [1.54, 1.807) is 45.0 Å². The minimum atomic E-state index is -1.40. The second-order valence-corrected chi connectivity index (χ2v) is 8.66. The van der Waals surface area contributed by atoms with Gasteiger partial charge in [-0.25, -0.2) is 13.2 Å². The van der Waals surface area contributed by atoms with E-state index >= 15 is 0 Å². The maximum atomic E-state index is 14.4. The highest BCUT2D eigenvalue weighted by atomic mass is 19.1. The zero-order chi connectivity index (χ0) is 25.9. The Hall–Kier alpha value is -4.01. The predicted molar refractivity (Wildman–Crippen MR) is 124 cm³/mol. The molecular weight excluding hydrogens is 463 g/mol. The highest BCUT2D eigenvalue weighted by Gasteiger charge is 2.29. The molecule has 0 bridgehead atoms. The third kappa shape index (κ3) is 6.11. The van der Waals surface area contributed by atoms with Gasteiger partial charge in [0.15, 0.2) is 11.5 Å². The molecule has 0 fully saturated rings. The van der Waals surface area contributed by atoms with Crippen molar-refractivity contribution in [3.63, 3.8) is 0 Å². The zero-order valence-electron chi connectivity index (χ0n) is 19.6. The van der Waals surface area contributed by atoms with Gasteiger partial charge in [0.25, 0.3) is 5.91 Å². The predicted octanol–water partition coefficient (Wildman–Crippen LogP) is 5.47. The summed E-state index contributed by atoms with van der Waals surface area (Å²) in [6.45, 7) is 4.24. The van der Waals surface area contributed by atoms with Gasteiger partial charge in [-0.1, -0.05) is 18.2 Å². The first kappa shape index (κ1) is 25.6. The maximum Gasteiger partial charge on any atom is 0.326 e. The number of carbonyl (C=O) groups is 2. The number of benzene rings is 3. The molecule has 1 N–H and O–H groups in total. The topological polar surface area (TPSA) is 76.1 Å². The molecular formula is C26H24F3NO5. The van der Waals surface area contributed by atoms with Crippen LogP contribution in [0.25, 0.3) is 11.1 Å². The lowest BCUT2D eigenvalue weighted by Crippen LogP contribution is -2.39. The number of hydrogen-bond acceptors (Lipinski definition) is 5. The molecule has 3 rings (SSSR count). The number of esters is 1. The molecule has 3 aromatic carbocycles. The lowest BCUT2D eigenvalue weighted by molar-refractivity contribution is -0.152. The molecule has 0 spiro atoms. The van der Waals surface area contributed by atoms with Gasteiger partial charge in [-0.3, -0.25) is 14.5 Å². The van der Waals surface area contributed by atoms with Crippen molar-refractivity contribution in [3.05, 3.63) is 77.6 Å². The smallest absolute Gasteiger partial charge is 0.326 e. The number of carbonyl (C=O) groups excluding carboxylic acids is 2. The van der Waals surface area contributed by atoms with Crippen LogP contribution in [0, 0.1) is 17.5 Å². The van der Waals surface area contributed by atoms with Gasteiger partial charge in [-0.15, -0.1) is 0 Å². The van der Waals surface area contributed by atoms with Gasteiger partial charge in [0.2, 0.25) is 0 Å². The number of anilines is 1. The van der Waals surface area contributed by atoms with Crippen molar-refractivity contribution >= 4 is 17.6 Å². The summed E-state index contributed by atoms with van der Waals surface area (Å²) >= 11 is 0. The molecule has 0 saturated carbocycles. The molecule has 184 valence electrons. The molecule has 0 radical (unpaired) electrons. The van der Waals surface area contributed by atoms with Crippen LogP contribution in [0.2, 0.25) is 0 Å². The molecule has 6 nitrogen and oxygen atoms in total. The van der Waals surface area contributed by atoms with Crippen molar-refractivity contribution < 1.29 is 37.3 Å². The summed E-state index contributed by atoms with van der Waals surface area (Å²) in [5, 5.41) is 9.86. The Labute approximate surface area is 200 Å². The van der Waals surface area contributed by atoms with Gasteiger partial charge in [-0.05, 0) is 56.2 Å². The van der Waals surface area contributed by atoms with E-state index in [4.69, 9.17) is 9.47 Å². The Balaban J connectivity index is 2.08. The van der Waals surface area contributed by atoms with Crippen LogP contribution >= 0.6 is 0 Å². The molecule has 0 aliphatic carbocycles. The number of rotatable bonds is 6. The van der Waals surface area contributed by atoms with E-state index in [2.05, 4.69) is 0 Å². The quantitative estimate of drug-likeness (QED) is 0.467. The van der Waals surface area contributed by atoms with Crippen molar-refractivity contribution in [3.8, 4) is 22.6 Å². The fraction of sp³-hybridized carbons (Fsp3) is 0.231. The summed E-state index contributed by atoms with van der Waals surface area (Å²) < 4.78 is 52.7. The van der Waals surface area contributed by atoms with E-state index in [1.165, 1.54) is 25.3 Å². The number of aromatic hydroxyl groups is 1. The number of ether oxygens (including phenoxy) is 2. The minimum absolute atomic E-state index is 0.0728. The highest BCUT2D eigenvalue weighted by molar-refractivity contribution is 6.09. The van der Waals surface area contributed by atoms with E-state index in [0.717, 1.165) is 4.90 Å². The number of hydrogen-bond donors (Lipinski definition) is 1. The molecule has 0 aliphatic heterocycles. The molecule has 0 saturated heterocycles. The van der Waals surface area contributed by atoms with Crippen molar-refractivity contribution in [1.82, 2.24) is 0 Å². The number of amides is 1. The van der Waals surface area contributed by atoms with Crippen LogP contribution < -0.4 is 9.64 Å². The Morgan fingerprint density at radius 1 is 0.943 bits per heavy atom. The van der Waals surface area contributed by atoms with Crippen LogP contribution in [0.5, 0.6) is 11.5 Å². The average molecular weight is 487 g/mol. The molecule has 0 atom stereocenters. The molecule has 3 aromatic rings. The van der Waals surface area contributed by atoms with Crippen molar-refractivity contribution in [2.45, 2.75) is 26.4 Å². The van der Waals surface area contributed by atoms with Crippen LogP contribution in [0.15, 0.2) is 54.6 Å². The Kier molecular flexibility index (Phi) is 7.38. The molecule has 1 amide bonds. The third-order valence-electron chi connectivity index (χ3n) is 4.84. The number of halogens is 3. The number of nitrogens with zero attached hydrogens (tertiary/aromatic N) is 1. The molecule has 0 unspecified atom stereocenters. The Morgan fingerprint density at radius 3 is 2.17 bits per heavy atom. The monoisotopic (exact) mass is 487 g/mol. The third-order valence-corrected chi connectivity index (χ3v) is 4.84. The normalized spacial score (nSPS) is 11.2. The zero-order valence-corrected chi connectivity index (χ0v) is 19.6. The van der Waals surface area contributed by atoms with E-state index in [9.17, 15) is 27.9 Å². The summed E-state index contributed by atoms with van der Waals surface area (Å²) in [5.74, 6) is -5.85. The lowest BCUT2D eigenvalue weighted by Gasteiger charge is -2.26. The molecule has 0 heterocycles. The van der Waals surface area contributed by atoms with E-state index in [-0.39, 0.29) is 17.2 Å². The van der Waals surface area contributed by atoms with E-state index in [0.29, 0.717) is 23.3 Å². The van der Waals surface area contributed by atoms with Crippen LogP contribution in [0.3, 0.4) is 0 Å². The second-order valence-electron chi connectivity index (χ2n) is 8.66. The van der Waals surface area contributed by atoms with Gasteiger partial charge in [0.1, 0.15) is 35.2 Å². The number of phenols is 1. The van der Waals surface area contributed by atoms with Crippen molar-refractivity contribution in [2.24, 2.45) is 0 Å². The lowest BCUT2D eigenvalue weighted by atomic mass is 10.0. The fourth-order valence-corrected chi connectivity index (χ4v) is 3.38. The first-order valence-corrected chi connectivity index (χ1v) is 10.6. The standard InChI is InChI=1S/C26H24F3NO5/c1-26(2,3)35-23(32)14-30(25(33)24-19(28)12-17(27)13-20(24)29)18-7-5-6-15(10-18)16-8-9-21(31)22(11-16)34-4/h5-13,31H,14H2,1-4H3. The first-order valence-electron chi connectivity index (χ1n) is 10.6. The van der Waals surface area contributed by atoms with Gasteiger partial charge in [0, 0.05) is 17.8 Å². The van der Waals surface area contributed by atoms with E-state index in [1.807, 2.05) is 0 Å². The first-order chi connectivity index (χ1) is 16.4. The van der Waals surface area contributed by atoms with Gasteiger partial charge in [0.05, 0.1) is 7.11 Å². The van der Waals surface area contributed by atoms with Crippen LogP contribution in [0.4, 0.5) is 18.9 Å². The SMILES string of the molecule is COc1cc(-c2cccc(N(CC(=O)OC(C)(C)C)C(=O)c3c(F)cc(F)cc3F)c2)ccc1O. The number of methoxy groups -OCH3 is 1. The Morgan fingerprint density at radius 2 is 1.57 bits per heavy atom. The maximum absolute atomic E-state index is 14.4. The largest absolute Gasteiger partial charge is 0.504 e. The minimum Gasteiger partial charge on any atom is -0.504 e. The summed E-state index contributed by atoms with van der Waals surface area (Å²) in [7, 11) is 1.39.